The number of aliphatic imine (C=N–C) groups is 1. The highest BCUT2D eigenvalue weighted by Crippen LogP contribution is 2.23. The van der Waals surface area contributed by atoms with Gasteiger partial charge in [0, 0.05) is 15.6 Å². The number of nitrogens with zero attached hydrogens (tertiary/aromatic N) is 3. The topological polar surface area (TPSA) is 140 Å². The molecule has 0 atom stereocenters. The monoisotopic (exact) mass is 455 g/mol. The molecule has 0 saturated heterocycles. The van der Waals surface area contributed by atoms with Gasteiger partial charge >= 0.3 is 11.7 Å². The molecule has 0 saturated carbocycles. The Bertz CT molecular complexity index is 1340. The number of amides is 2. The Kier molecular flexibility index (Phi) is 6.59. The second kappa shape index (κ2) is 9.34. The highest BCUT2D eigenvalue weighted by Gasteiger charge is 2.15. The lowest BCUT2D eigenvalue weighted by Crippen LogP contribution is -2.31. The molecular formula is C20H14ClN5O4S. The Morgan fingerprint density at radius 3 is 2.65 bits per heavy atom. The number of hydrogen-bond acceptors (Lipinski definition) is 6. The third-order valence-electron chi connectivity index (χ3n) is 4.12. The molecule has 0 bridgehead atoms. The zero-order valence-electron chi connectivity index (χ0n) is 15.9. The number of carbonyl (C=O) groups excluding carboxylic acids is 1. The molecular weight excluding hydrogens is 442 g/mol. The molecule has 3 aromatic rings. The normalized spacial score (nSPS) is 10.7. The highest BCUT2D eigenvalue weighted by atomic mass is 35.5. The van der Waals surface area contributed by atoms with E-state index >= 15 is 0 Å². The van der Waals surface area contributed by atoms with Gasteiger partial charge in [0.1, 0.15) is 11.0 Å². The lowest BCUT2D eigenvalue weighted by Gasteiger charge is -2.09. The number of halogens is 1. The first-order valence-electron chi connectivity index (χ1n) is 8.66. The minimum atomic E-state index is -0.904. The lowest BCUT2D eigenvalue weighted by atomic mass is 10.2. The van der Waals surface area contributed by atoms with E-state index in [-0.39, 0.29) is 11.3 Å². The molecule has 156 valence electrons. The molecule has 0 aliphatic heterocycles. The molecule has 0 aliphatic rings. The zero-order valence-corrected chi connectivity index (χ0v) is 17.5. The fraction of sp³-hybridized carbons (Fsp3) is 0.0500. The van der Waals surface area contributed by atoms with Crippen molar-refractivity contribution in [1.29, 1.82) is 5.26 Å². The van der Waals surface area contributed by atoms with Crippen LogP contribution in [0.2, 0.25) is 5.02 Å². The number of anilines is 1. The summed E-state index contributed by atoms with van der Waals surface area (Å²) in [7, 11) is 0. The number of aryl methyl sites for hydroxylation is 1. The van der Waals surface area contributed by atoms with Gasteiger partial charge < -0.3 is 10.4 Å². The molecule has 1 aromatic heterocycles. The number of aromatic hydroxyl groups is 1. The van der Waals surface area contributed by atoms with Gasteiger partial charge in [0.2, 0.25) is 5.88 Å². The van der Waals surface area contributed by atoms with Crippen molar-refractivity contribution in [3.05, 3.63) is 79.5 Å². The number of thiocyanates is 1. The summed E-state index contributed by atoms with van der Waals surface area (Å²) in [5.41, 5.74) is -0.708. The fourth-order valence-corrected chi connectivity index (χ4v) is 3.25. The molecule has 3 N–H and O–H groups in total. The van der Waals surface area contributed by atoms with Crippen molar-refractivity contribution in [3.8, 4) is 17.0 Å². The van der Waals surface area contributed by atoms with Crippen LogP contribution < -0.4 is 16.6 Å². The van der Waals surface area contributed by atoms with Crippen molar-refractivity contribution in [2.75, 3.05) is 5.32 Å². The molecule has 3 rings (SSSR count). The Morgan fingerprint density at radius 2 is 2.00 bits per heavy atom. The fourth-order valence-electron chi connectivity index (χ4n) is 2.65. The maximum absolute atomic E-state index is 12.2. The average molecular weight is 456 g/mol. The SMILES string of the molecule is Cc1cc(SC#N)ccc1NC(=O)/N=C/c1c(O)n(-c2ccc(Cl)cc2)c(=O)[nH]c1=O. The molecule has 0 fully saturated rings. The van der Waals surface area contributed by atoms with Crippen molar-refractivity contribution >= 4 is 41.3 Å². The molecule has 11 heteroatoms. The maximum Gasteiger partial charge on any atom is 0.345 e. The van der Waals surface area contributed by atoms with Crippen molar-refractivity contribution in [1.82, 2.24) is 9.55 Å². The Balaban J connectivity index is 1.88. The van der Waals surface area contributed by atoms with E-state index in [1.165, 1.54) is 24.3 Å². The Hall–Kier alpha value is -3.81. The molecule has 0 spiro atoms. The Morgan fingerprint density at radius 1 is 1.29 bits per heavy atom. The first kappa shape index (κ1) is 21.9. The summed E-state index contributed by atoms with van der Waals surface area (Å²) in [6.07, 6.45) is 0.866. The number of H-pyrrole nitrogens is 1. The van der Waals surface area contributed by atoms with Crippen LogP contribution in [0.4, 0.5) is 10.5 Å². The van der Waals surface area contributed by atoms with Gasteiger partial charge in [-0.1, -0.05) is 11.6 Å². The van der Waals surface area contributed by atoms with Crippen LogP contribution in [0.3, 0.4) is 0 Å². The van der Waals surface area contributed by atoms with Crippen LogP contribution in [0.25, 0.3) is 5.69 Å². The number of nitriles is 1. The molecule has 9 nitrogen and oxygen atoms in total. The zero-order chi connectivity index (χ0) is 22.5. The summed E-state index contributed by atoms with van der Waals surface area (Å²) in [5, 5.41) is 24.1. The van der Waals surface area contributed by atoms with Crippen LogP contribution in [0, 0.1) is 17.6 Å². The molecule has 0 unspecified atom stereocenters. The van der Waals surface area contributed by atoms with E-state index in [9.17, 15) is 19.5 Å². The van der Waals surface area contributed by atoms with E-state index in [0.717, 1.165) is 27.4 Å². The molecule has 0 aliphatic carbocycles. The van der Waals surface area contributed by atoms with Crippen LogP contribution >= 0.6 is 23.4 Å². The second-order valence-corrected chi connectivity index (χ2v) is 7.46. The molecule has 2 amide bonds. The average Bonchev–Trinajstić information content (AvgIpc) is 2.71. The summed E-state index contributed by atoms with van der Waals surface area (Å²) < 4.78 is 0.854. The first-order chi connectivity index (χ1) is 14.8. The van der Waals surface area contributed by atoms with Gasteiger partial charge in [-0.3, -0.25) is 9.78 Å². The first-order valence-corrected chi connectivity index (χ1v) is 9.85. The van der Waals surface area contributed by atoms with Crippen molar-refractivity contribution < 1.29 is 9.90 Å². The summed E-state index contributed by atoms with van der Waals surface area (Å²) in [6, 6.07) is 10.2. The van der Waals surface area contributed by atoms with Crippen molar-refractivity contribution in [2.45, 2.75) is 11.8 Å². The van der Waals surface area contributed by atoms with Crippen LogP contribution in [-0.4, -0.2) is 26.9 Å². The number of benzene rings is 2. The van der Waals surface area contributed by atoms with Crippen LogP contribution in [0.5, 0.6) is 5.88 Å². The largest absolute Gasteiger partial charge is 0.493 e. The van der Waals surface area contributed by atoms with Crippen molar-refractivity contribution in [2.24, 2.45) is 4.99 Å². The minimum Gasteiger partial charge on any atom is -0.493 e. The summed E-state index contributed by atoms with van der Waals surface area (Å²) in [4.78, 5) is 42.9. The van der Waals surface area contributed by atoms with Gasteiger partial charge in [0.05, 0.1) is 11.9 Å². The van der Waals surface area contributed by atoms with E-state index < -0.39 is 23.2 Å². The van der Waals surface area contributed by atoms with Gasteiger partial charge in [-0.05, 0) is 66.7 Å². The third kappa shape index (κ3) is 5.03. The maximum atomic E-state index is 12.2. The number of aromatic nitrogens is 2. The van der Waals surface area contributed by atoms with E-state index in [1.807, 2.05) is 5.40 Å². The molecule has 31 heavy (non-hydrogen) atoms. The number of carbonyl (C=O) groups is 1. The molecule has 2 aromatic carbocycles. The van der Waals surface area contributed by atoms with Crippen LogP contribution in [0.15, 0.2) is 61.9 Å². The smallest absolute Gasteiger partial charge is 0.345 e. The highest BCUT2D eigenvalue weighted by molar-refractivity contribution is 8.03. The summed E-state index contributed by atoms with van der Waals surface area (Å²) in [6.45, 7) is 1.75. The van der Waals surface area contributed by atoms with E-state index in [1.54, 1.807) is 25.1 Å². The van der Waals surface area contributed by atoms with Gasteiger partial charge in [-0.2, -0.15) is 5.26 Å². The number of nitrogens with one attached hydrogen (secondary N) is 2. The van der Waals surface area contributed by atoms with Crippen LogP contribution in [0.1, 0.15) is 11.1 Å². The van der Waals surface area contributed by atoms with Gasteiger partial charge in [-0.15, -0.1) is 0 Å². The molecule has 1 heterocycles. The lowest BCUT2D eigenvalue weighted by molar-refractivity contribution is 0.259. The molecule has 0 radical (unpaired) electrons. The minimum absolute atomic E-state index is 0.258. The Labute approximate surface area is 184 Å². The second-order valence-electron chi connectivity index (χ2n) is 6.17. The number of aromatic amines is 1. The van der Waals surface area contributed by atoms with E-state index in [4.69, 9.17) is 16.9 Å². The predicted octanol–water partition coefficient (Wildman–Crippen LogP) is 3.42. The van der Waals surface area contributed by atoms with E-state index in [0.29, 0.717) is 16.3 Å². The van der Waals surface area contributed by atoms with Crippen LogP contribution in [-0.2, 0) is 0 Å². The number of hydrogen-bond donors (Lipinski definition) is 3. The quantitative estimate of drug-likeness (QED) is 0.313. The number of thioether (sulfide) groups is 1. The standard InChI is InChI=1S/C20H14ClN5O4S/c1-11-8-14(31-10-22)6-7-16(11)24-19(29)23-9-15-17(27)25-20(30)26(18(15)28)13-4-2-12(21)3-5-13/h2-9,28H,1H3,(H,24,29)(H,25,27,30)/b23-9+. The predicted molar refractivity (Wildman–Crippen MR) is 119 cm³/mol. The van der Waals surface area contributed by atoms with Gasteiger partial charge in [0.15, 0.2) is 0 Å². The summed E-state index contributed by atoms with van der Waals surface area (Å²) in [5.74, 6) is -0.679. The third-order valence-corrected chi connectivity index (χ3v) is 4.95. The number of rotatable bonds is 4. The van der Waals surface area contributed by atoms with Crippen molar-refractivity contribution in [3.63, 3.8) is 0 Å². The van der Waals surface area contributed by atoms with Gasteiger partial charge in [0.25, 0.3) is 5.56 Å². The van der Waals surface area contributed by atoms with E-state index in [2.05, 4.69) is 15.3 Å². The van der Waals surface area contributed by atoms with Gasteiger partial charge in [-0.25, -0.2) is 19.1 Å². The number of urea groups is 1. The summed E-state index contributed by atoms with van der Waals surface area (Å²) >= 11 is 6.82.